The van der Waals surface area contributed by atoms with Crippen LogP contribution in [0.3, 0.4) is 0 Å². The SMILES string of the molecule is CN1C=CC=C(c2ccc(CN)c(N)c2)C1c1ccccc1F. The molecule has 0 aromatic heterocycles. The van der Waals surface area contributed by atoms with Crippen molar-refractivity contribution >= 4 is 11.3 Å². The summed E-state index contributed by atoms with van der Waals surface area (Å²) in [5.41, 5.74) is 16.0. The van der Waals surface area contributed by atoms with E-state index in [-0.39, 0.29) is 11.9 Å². The van der Waals surface area contributed by atoms with Crippen molar-refractivity contribution in [2.75, 3.05) is 12.8 Å². The molecular weight excluding hydrogens is 289 g/mol. The molecular formula is C19H20FN3. The number of likely N-dealkylation sites (N-methyl/N-ethyl adjacent to an activating group) is 1. The summed E-state index contributed by atoms with van der Waals surface area (Å²) in [4.78, 5) is 2.00. The van der Waals surface area contributed by atoms with Gasteiger partial charge in [-0.25, -0.2) is 4.39 Å². The first-order valence-electron chi connectivity index (χ1n) is 7.55. The third-order valence-electron chi connectivity index (χ3n) is 4.20. The minimum absolute atomic E-state index is 0.190. The first kappa shape index (κ1) is 15.3. The maximum absolute atomic E-state index is 14.3. The van der Waals surface area contributed by atoms with Crippen molar-refractivity contribution in [2.24, 2.45) is 5.73 Å². The van der Waals surface area contributed by atoms with Crippen LogP contribution in [0.4, 0.5) is 10.1 Å². The van der Waals surface area contributed by atoms with Crippen molar-refractivity contribution in [2.45, 2.75) is 12.6 Å². The van der Waals surface area contributed by atoms with Crippen LogP contribution in [0.1, 0.15) is 22.7 Å². The lowest BCUT2D eigenvalue weighted by atomic mass is 9.89. The Bertz CT molecular complexity index is 780. The van der Waals surface area contributed by atoms with Crippen LogP contribution >= 0.6 is 0 Å². The van der Waals surface area contributed by atoms with Crippen molar-refractivity contribution in [3.63, 3.8) is 0 Å². The van der Waals surface area contributed by atoms with Crippen LogP contribution in [-0.4, -0.2) is 11.9 Å². The molecule has 23 heavy (non-hydrogen) atoms. The maximum Gasteiger partial charge on any atom is 0.128 e. The smallest absolute Gasteiger partial charge is 0.128 e. The Morgan fingerprint density at radius 1 is 1.17 bits per heavy atom. The zero-order chi connectivity index (χ0) is 16.4. The molecule has 2 aromatic carbocycles. The Morgan fingerprint density at radius 3 is 2.65 bits per heavy atom. The van der Waals surface area contributed by atoms with E-state index >= 15 is 0 Å². The number of benzene rings is 2. The fourth-order valence-corrected chi connectivity index (χ4v) is 2.98. The van der Waals surface area contributed by atoms with Crippen LogP contribution in [0.15, 0.2) is 60.8 Å². The zero-order valence-corrected chi connectivity index (χ0v) is 13.0. The van der Waals surface area contributed by atoms with E-state index in [0.29, 0.717) is 17.8 Å². The van der Waals surface area contributed by atoms with Crippen LogP contribution in [-0.2, 0) is 6.54 Å². The van der Waals surface area contributed by atoms with Gasteiger partial charge in [0.1, 0.15) is 5.82 Å². The van der Waals surface area contributed by atoms with E-state index in [1.165, 1.54) is 6.07 Å². The number of nitrogens with zero attached hydrogens (tertiary/aromatic N) is 1. The number of nitrogen functional groups attached to an aromatic ring is 1. The van der Waals surface area contributed by atoms with Gasteiger partial charge in [-0.15, -0.1) is 0 Å². The standard InChI is InChI=1S/C19H20FN3/c1-23-10-4-6-15(13-8-9-14(12-21)18(22)11-13)19(23)16-5-2-3-7-17(16)20/h2-11,19H,12,21-22H2,1H3. The lowest BCUT2D eigenvalue weighted by Gasteiger charge is -2.32. The van der Waals surface area contributed by atoms with Gasteiger partial charge in [0.2, 0.25) is 0 Å². The summed E-state index contributed by atoms with van der Waals surface area (Å²) in [6.07, 6.45) is 5.91. The Balaban J connectivity index is 2.08. The highest BCUT2D eigenvalue weighted by Crippen LogP contribution is 2.38. The summed E-state index contributed by atoms with van der Waals surface area (Å²) in [7, 11) is 1.94. The summed E-state index contributed by atoms with van der Waals surface area (Å²) in [5.74, 6) is -0.211. The van der Waals surface area contributed by atoms with Gasteiger partial charge in [0.25, 0.3) is 0 Å². The third-order valence-corrected chi connectivity index (χ3v) is 4.20. The quantitative estimate of drug-likeness (QED) is 0.854. The Labute approximate surface area is 135 Å². The predicted octanol–water partition coefficient (Wildman–Crippen LogP) is 3.45. The molecule has 0 spiro atoms. The second kappa shape index (κ2) is 6.26. The summed E-state index contributed by atoms with van der Waals surface area (Å²) in [6, 6.07) is 12.5. The van der Waals surface area contributed by atoms with Gasteiger partial charge in [-0.2, -0.15) is 0 Å². The first-order chi connectivity index (χ1) is 11.1. The fourth-order valence-electron chi connectivity index (χ4n) is 2.98. The van der Waals surface area contributed by atoms with E-state index in [4.69, 9.17) is 11.5 Å². The molecule has 1 unspecified atom stereocenters. The van der Waals surface area contributed by atoms with Crippen molar-refractivity contribution < 1.29 is 4.39 Å². The van der Waals surface area contributed by atoms with Crippen LogP contribution in [0, 0.1) is 5.82 Å². The molecule has 0 aliphatic carbocycles. The van der Waals surface area contributed by atoms with Gasteiger partial charge in [-0.3, -0.25) is 0 Å². The molecule has 1 heterocycles. The number of nitrogens with two attached hydrogens (primary N) is 2. The van der Waals surface area contributed by atoms with Gasteiger partial charge in [-0.05, 0) is 41.1 Å². The van der Waals surface area contributed by atoms with Crippen LogP contribution in [0.2, 0.25) is 0 Å². The number of anilines is 1. The van der Waals surface area contributed by atoms with Gasteiger partial charge in [0.15, 0.2) is 0 Å². The van der Waals surface area contributed by atoms with E-state index in [1.54, 1.807) is 6.07 Å². The number of rotatable bonds is 3. The molecule has 4 heteroatoms. The predicted molar refractivity (Wildman–Crippen MR) is 92.8 cm³/mol. The molecule has 2 aromatic rings. The summed E-state index contributed by atoms with van der Waals surface area (Å²) in [6.45, 7) is 0.404. The van der Waals surface area contributed by atoms with Gasteiger partial charge in [0, 0.05) is 24.8 Å². The van der Waals surface area contributed by atoms with E-state index in [0.717, 1.165) is 16.7 Å². The number of hydrogen-bond acceptors (Lipinski definition) is 3. The van der Waals surface area contributed by atoms with E-state index < -0.39 is 0 Å². The van der Waals surface area contributed by atoms with Gasteiger partial charge >= 0.3 is 0 Å². The Hall–Kier alpha value is -2.59. The molecule has 4 N–H and O–H groups in total. The third kappa shape index (κ3) is 2.85. The minimum Gasteiger partial charge on any atom is -0.398 e. The average Bonchev–Trinajstić information content (AvgIpc) is 2.55. The lowest BCUT2D eigenvalue weighted by molar-refractivity contribution is 0.388. The molecule has 0 radical (unpaired) electrons. The van der Waals surface area contributed by atoms with Crippen LogP contribution in [0.25, 0.3) is 5.57 Å². The minimum atomic E-state index is -0.211. The van der Waals surface area contributed by atoms with Crippen molar-refractivity contribution in [3.05, 3.63) is 83.3 Å². The molecule has 3 rings (SSSR count). The largest absolute Gasteiger partial charge is 0.398 e. The molecule has 0 fully saturated rings. The lowest BCUT2D eigenvalue weighted by Crippen LogP contribution is -2.23. The van der Waals surface area contributed by atoms with Crippen LogP contribution in [0.5, 0.6) is 0 Å². The van der Waals surface area contributed by atoms with Gasteiger partial charge in [0.05, 0.1) is 6.04 Å². The average molecular weight is 309 g/mol. The molecule has 3 nitrogen and oxygen atoms in total. The fraction of sp³-hybridized carbons (Fsp3) is 0.158. The molecule has 0 amide bonds. The normalized spacial score (nSPS) is 17.3. The van der Waals surface area contributed by atoms with E-state index in [9.17, 15) is 4.39 Å². The summed E-state index contributed by atoms with van der Waals surface area (Å²) in [5, 5.41) is 0. The number of halogens is 1. The topological polar surface area (TPSA) is 55.3 Å². The zero-order valence-electron chi connectivity index (χ0n) is 13.0. The van der Waals surface area contributed by atoms with E-state index in [1.807, 2.05) is 60.6 Å². The van der Waals surface area contributed by atoms with Gasteiger partial charge in [-0.1, -0.05) is 36.4 Å². The monoisotopic (exact) mass is 309 g/mol. The van der Waals surface area contributed by atoms with Crippen LogP contribution < -0.4 is 11.5 Å². The number of hydrogen-bond donors (Lipinski definition) is 2. The molecule has 0 saturated carbocycles. The highest BCUT2D eigenvalue weighted by atomic mass is 19.1. The molecule has 0 bridgehead atoms. The second-order valence-electron chi connectivity index (χ2n) is 5.67. The highest BCUT2D eigenvalue weighted by molar-refractivity contribution is 5.76. The van der Waals surface area contributed by atoms with Gasteiger partial charge < -0.3 is 16.4 Å². The molecule has 1 aliphatic rings. The summed E-state index contributed by atoms with van der Waals surface area (Å²) < 4.78 is 14.3. The Kier molecular flexibility index (Phi) is 4.17. The van der Waals surface area contributed by atoms with Crippen molar-refractivity contribution in [3.8, 4) is 0 Å². The first-order valence-corrected chi connectivity index (χ1v) is 7.55. The summed E-state index contributed by atoms with van der Waals surface area (Å²) >= 11 is 0. The molecule has 1 aliphatic heterocycles. The second-order valence-corrected chi connectivity index (χ2v) is 5.67. The maximum atomic E-state index is 14.3. The Morgan fingerprint density at radius 2 is 1.96 bits per heavy atom. The van der Waals surface area contributed by atoms with E-state index in [2.05, 4.69) is 0 Å². The molecule has 0 saturated heterocycles. The van der Waals surface area contributed by atoms with Crippen molar-refractivity contribution in [1.82, 2.24) is 4.90 Å². The molecule has 1 atom stereocenters. The highest BCUT2D eigenvalue weighted by Gasteiger charge is 2.25. The molecule has 118 valence electrons. The van der Waals surface area contributed by atoms with Crippen molar-refractivity contribution in [1.29, 1.82) is 0 Å². The number of allylic oxidation sites excluding steroid dienone is 2.